The van der Waals surface area contributed by atoms with Crippen molar-refractivity contribution in [3.05, 3.63) is 24.3 Å². The van der Waals surface area contributed by atoms with Crippen LogP contribution in [0.5, 0.6) is 0 Å². The SMILES string of the molecule is CCCS(=O)(=O)c1ccccc1S[C@H](C)C(=O)N[C@@H]1C[C@@H]1C. The van der Waals surface area contributed by atoms with Gasteiger partial charge in [-0.25, -0.2) is 8.42 Å². The highest BCUT2D eigenvalue weighted by molar-refractivity contribution is 8.01. The first kappa shape index (κ1) is 17.3. The molecule has 1 aliphatic rings. The van der Waals surface area contributed by atoms with E-state index in [1.54, 1.807) is 24.3 Å². The zero-order valence-electron chi connectivity index (χ0n) is 13.2. The number of benzene rings is 1. The molecular formula is C16H23NO3S2. The third-order valence-corrected chi connectivity index (χ3v) is 7.05. The average molecular weight is 341 g/mol. The second kappa shape index (κ2) is 7.04. The first-order valence-corrected chi connectivity index (χ1v) is 10.2. The van der Waals surface area contributed by atoms with Gasteiger partial charge in [-0.15, -0.1) is 11.8 Å². The second-order valence-corrected chi connectivity index (χ2v) is 9.31. The Morgan fingerprint density at radius 3 is 2.64 bits per heavy atom. The summed E-state index contributed by atoms with van der Waals surface area (Å²) in [5.41, 5.74) is 0. The van der Waals surface area contributed by atoms with E-state index < -0.39 is 9.84 Å². The number of nitrogens with one attached hydrogen (secondary N) is 1. The predicted molar refractivity (Wildman–Crippen MR) is 89.8 cm³/mol. The van der Waals surface area contributed by atoms with Gasteiger partial charge in [0, 0.05) is 10.9 Å². The van der Waals surface area contributed by atoms with Crippen LogP contribution in [-0.4, -0.2) is 31.4 Å². The van der Waals surface area contributed by atoms with Crippen LogP contribution in [0, 0.1) is 5.92 Å². The molecule has 3 atom stereocenters. The topological polar surface area (TPSA) is 63.2 Å². The molecule has 0 bridgehead atoms. The third-order valence-electron chi connectivity index (χ3n) is 3.77. The summed E-state index contributed by atoms with van der Waals surface area (Å²) in [7, 11) is -3.28. The first-order valence-electron chi connectivity index (χ1n) is 7.64. The molecule has 1 aromatic carbocycles. The summed E-state index contributed by atoms with van der Waals surface area (Å²) in [5.74, 6) is 0.658. The number of hydrogen-bond acceptors (Lipinski definition) is 4. The Balaban J connectivity index is 2.10. The molecule has 1 saturated carbocycles. The average Bonchev–Trinajstić information content (AvgIpc) is 3.14. The normalized spacial score (nSPS) is 22.1. The molecule has 22 heavy (non-hydrogen) atoms. The van der Waals surface area contributed by atoms with Crippen molar-refractivity contribution in [2.45, 2.75) is 54.7 Å². The Bertz CT molecular complexity index is 643. The van der Waals surface area contributed by atoms with Crippen molar-refractivity contribution in [2.24, 2.45) is 5.92 Å². The minimum absolute atomic E-state index is 0.0259. The summed E-state index contributed by atoms with van der Waals surface area (Å²) in [4.78, 5) is 13.1. The molecule has 1 aromatic rings. The Hall–Kier alpha value is -1.01. The zero-order valence-corrected chi connectivity index (χ0v) is 14.8. The van der Waals surface area contributed by atoms with Crippen LogP contribution in [0.2, 0.25) is 0 Å². The number of rotatable bonds is 7. The molecule has 2 rings (SSSR count). The van der Waals surface area contributed by atoms with Gasteiger partial charge in [-0.3, -0.25) is 4.79 Å². The number of sulfone groups is 1. The third kappa shape index (κ3) is 4.26. The van der Waals surface area contributed by atoms with Crippen LogP contribution >= 0.6 is 11.8 Å². The van der Waals surface area contributed by atoms with Crippen molar-refractivity contribution >= 4 is 27.5 Å². The molecule has 1 aliphatic carbocycles. The summed E-state index contributed by atoms with van der Waals surface area (Å²) < 4.78 is 24.6. The van der Waals surface area contributed by atoms with E-state index in [1.807, 2.05) is 13.8 Å². The first-order chi connectivity index (χ1) is 10.3. The Kier molecular flexibility index (Phi) is 5.55. The number of hydrogen-bond donors (Lipinski definition) is 1. The van der Waals surface area contributed by atoms with Crippen LogP contribution in [0.4, 0.5) is 0 Å². The van der Waals surface area contributed by atoms with Crippen molar-refractivity contribution < 1.29 is 13.2 Å². The van der Waals surface area contributed by atoms with E-state index in [0.29, 0.717) is 22.1 Å². The molecule has 0 spiro atoms. The highest BCUT2D eigenvalue weighted by Crippen LogP contribution is 2.33. The van der Waals surface area contributed by atoms with Crippen molar-refractivity contribution in [1.82, 2.24) is 5.32 Å². The van der Waals surface area contributed by atoms with Gasteiger partial charge >= 0.3 is 0 Å². The monoisotopic (exact) mass is 341 g/mol. The fraction of sp³-hybridized carbons (Fsp3) is 0.562. The summed E-state index contributed by atoms with van der Waals surface area (Å²) in [6.45, 7) is 5.77. The van der Waals surface area contributed by atoms with Gasteiger partial charge < -0.3 is 5.32 Å². The largest absolute Gasteiger partial charge is 0.352 e. The molecule has 0 aliphatic heterocycles. The molecule has 122 valence electrons. The van der Waals surface area contributed by atoms with Crippen LogP contribution < -0.4 is 5.32 Å². The van der Waals surface area contributed by atoms with E-state index in [1.165, 1.54) is 11.8 Å². The van der Waals surface area contributed by atoms with Crippen LogP contribution in [0.1, 0.15) is 33.6 Å². The molecule has 0 radical (unpaired) electrons. The van der Waals surface area contributed by atoms with E-state index in [2.05, 4.69) is 12.2 Å². The van der Waals surface area contributed by atoms with E-state index >= 15 is 0 Å². The molecule has 0 unspecified atom stereocenters. The van der Waals surface area contributed by atoms with E-state index in [0.717, 1.165) is 6.42 Å². The molecule has 1 amide bonds. The quantitative estimate of drug-likeness (QED) is 0.775. The maximum atomic E-state index is 12.3. The summed E-state index contributed by atoms with van der Waals surface area (Å²) in [5, 5.41) is 2.68. The van der Waals surface area contributed by atoms with Crippen LogP contribution in [0.25, 0.3) is 0 Å². The lowest BCUT2D eigenvalue weighted by Gasteiger charge is -2.14. The Morgan fingerprint density at radius 1 is 1.41 bits per heavy atom. The van der Waals surface area contributed by atoms with Gasteiger partial charge in [0.05, 0.1) is 15.9 Å². The summed E-state index contributed by atoms with van der Waals surface area (Å²) in [6, 6.07) is 7.22. The highest BCUT2D eigenvalue weighted by Gasteiger charge is 2.35. The van der Waals surface area contributed by atoms with Crippen LogP contribution in [0.15, 0.2) is 34.1 Å². The van der Waals surface area contributed by atoms with Crippen molar-refractivity contribution in [3.63, 3.8) is 0 Å². The van der Waals surface area contributed by atoms with Crippen LogP contribution in [-0.2, 0) is 14.6 Å². The second-order valence-electron chi connectivity index (χ2n) is 5.85. The zero-order chi connectivity index (χ0) is 16.3. The van der Waals surface area contributed by atoms with Crippen molar-refractivity contribution in [1.29, 1.82) is 0 Å². The number of thioether (sulfide) groups is 1. The van der Waals surface area contributed by atoms with E-state index in [4.69, 9.17) is 0 Å². The maximum absolute atomic E-state index is 12.3. The molecule has 0 saturated heterocycles. The maximum Gasteiger partial charge on any atom is 0.233 e. The fourth-order valence-electron chi connectivity index (χ4n) is 2.25. The lowest BCUT2D eigenvalue weighted by atomic mass is 10.4. The van der Waals surface area contributed by atoms with Gasteiger partial charge in [-0.05, 0) is 37.8 Å². The standard InChI is InChI=1S/C16H23NO3S2/c1-4-9-22(19,20)15-8-6-5-7-14(15)21-12(3)16(18)17-13-10-11(13)2/h5-8,11-13H,4,9-10H2,1-3H3,(H,17,18)/t11-,12+,13+/m0/s1. The molecule has 1 N–H and O–H groups in total. The van der Waals surface area contributed by atoms with E-state index in [-0.39, 0.29) is 23.0 Å². The van der Waals surface area contributed by atoms with Crippen LogP contribution in [0.3, 0.4) is 0 Å². The molecule has 6 heteroatoms. The lowest BCUT2D eigenvalue weighted by molar-refractivity contribution is -0.120. The lowest BCUT2D eigenvalue weighted by Crippen LogP contribution is -2.33. The fourth-order valence-corrected chi connectivity index (χ4v) is 5.09. The molecule has 1 fully saturated rings. The Morgan fingerprint density at radius 2 is 2.05 bits per heavy atom. The number of carbonyl (C=O) groups excluding carboxylic acids is 1. The molecule has 4 nitrogen and oxygen atoms in total. The predicted octanol–water partition coefficient (Wildman–Crippen LogP) is 2.88. The minimum atomic E-state index is -3.28. The van der Waals surface area contributed by atoms with Gasteiger partial charge in [0.2, 0.25) is 5.91 Å². The van der Waals surface area contributed by atoms with Gasteiger partial charge in [0.1, 0.15) is 0 Å². The summed E-state index contributed by atoms with van der Waals surface area (Å²) in [6.07, 6.45) is 1.61. The van der Waals surface area contributed by atoms with Crippen molar-refractivity contribution in [2.75, 3.05) is 5.75 Å². The minimum Gasteiger partial charge on any atom is -0.352 e. The smallest absolute Gasteiger partial charge is 0.233 e. The van der Waals surface area contributed by atoms with Gasteiger partial charge in [0.15, 0.2) is 9.84 Å². The number of carbonyl (C=O) groups is 1. The Labute approximate surface area is 137 Å². The van der Waals surface area contributed by atoms with Gasteiger partial charge in [0.25, 0.3) is 0 Å². The molecule has 0 heterocycles. The molecular weight excluding hydrogens is 318 g/mol. The summed E-state index contributed by atoms with van der Waals surface area (Å²) >= 11 is 1.31. The van der Waals surface area contributed by atoms with E-state index in [9.17, 15) is 13.2 Å². The highest BCUT2D eigenvalue weighted by atomic mass is 32.2. The molecule has 0 aromatic heterocycles. The van der Waals surface area contributed by atoms with Gasteiger partial charge in [-0.1, -0.05) is 26.0 Å². The van der Waals surface area contributed by atoms with Gasteiger partial charge in [-0.2, -0.15) is 0 Å². The number of amides is 1. The van der Waals surface area contributed by atoms with Crippen molar-refractivity contribution in [3.8, 4) is 0 Å².